The zero-order chi connectivity index (χ0) is 31.9. The average Bonchev–Trinajstić information content (AvgIpc) is 3.62. The molecule has 0 unspecified atom stereocenters. The van der Waals surface area contributed by atoms with E-state index >= 15 is 0 Å². The fourth-order valence-corrected chi connectivity index (χ4v) is 7.44. The largest absolute Gasteiger partial charge is 0.494 e. The van der Waals surface area contributed by atoms with Gasteiger partial charge in [0, 0.05) is 50.1 Å². The Morgan fingerprint density at radius 1 is 1.07 bits per heavy atom. The Labute approximate surface area is 268 Å². The lowest BCUT2D eigenvalue weighted by Crippen LogP contribution is -2.44. The second-order valence-electron chi connectivity index (χ2n) is 13.4. The number of carbonyl (C=O) groups is 1. The normalized spacial score (nSPS) is 20.6. The van der Waals surface area contributed by atoms with Crippen molar-refractivity contribution < 1.29 is 19.0 Å². The van der Waals surface area contributed by atoms with Gasteiger partial charge in [0.05, 0.1) is 12.3 Å². The van der Waals surface area contributed by atoms with Crippen LogP contribution in [0.25, 0.3) is 0 Å². The van der Waals surface area contributed by atoms with Gasteiger partial charge >= 0.3 is 5.97 Å². The van der Waals surface area contributed by atoms with E-state index in [0.29, 0.717) is 19.0 Å². The Kier molecular flexibility index (Phi) is 11.3. The van der Waals surface area contributed by atoms with Crippen LogP contribution in [0.15, 0.2) is 54.6 Å². The number of aryl methyl sites for hydroxylation is 1. The van der Waals surface area contributed by atoms with E-state index in [-0.39, 0.29) is 23.6 Å². The summed E-state index contributed by atoms with van der Waals surface area (Å²) in [6, 6.07) is 17.1. The monoisotopic (exact) mass is 618 g/mol. The minimum Gasteiger partial charge on any atom is -0.494 e. The molecule has 1 aromatic heterocycles. The third-order valence-electron chi connectivity index (χ3n) is 9.76. The molecule has 0 aliphatic carbocycles. The van der Waals surface area contributed by atoms with Crippen LogP contribution in [0.4, 0.5) is 4.39 Å². The number of likely N-dealkylation sites (tertiary alicyclic amines) is 2. The molecule has 2 saturated heterocycles. The predicted octanol–water partition coefficient (Wildman–Crippen LogP) is 6.82. The summed E-state index contributed by atoms with van der Waals surface area (Å²) in [5, 5.41) is 15.0. The number of piperidine rings is 1. The van der Waals surface area contributed by atoms with Crippen LogP contribution in [0.1, 0.15) is 87.7 Å². The first-order valence-corrected chi connectivity index (χ1v) is 17.0. The van der Waals surface area contributed by atoms with Crippen LogP contribution in [0, 0.1) is 17.7 Å². The van der Waals surface area contributed by atoms with Gasteiger partial charge in [-0.25, -0.2) is 4.39 Å². The van der Waals surface area contributed by atoms with E-state index in [1.165, 1.54) is 17.3 Å². The van der Waals surface area contributed by atoms with Crippen LogP contribution in [0.2, 0.25) is 0 Å². The fraction of sp³-hybridized carbons (Fsp3) is 0.568. The molecular weight excluding hydrogens is 567 g/mol. The Bertz CT molecular complexity index is 1380. The minimum absolute atomic E-state index is 0.00221. The zero-order valence-corrected chi connectivity index (χ0v) is 27.5. The van der Waals surface area contributed by atoms with E-state index in [1.54, 1.807) is 12.1 Å². The van der Waals surface area contributed by atoms with Gasteiger partial charge < -0.3 is 14.7 Å². The first kappa shape index (κ1) is 33.1. The molecule has 2 aliphatic rings. The third-order valence-corrected chi connectivity index (χ3v) is 9.76. The van der Waals surface area contributed by atoms with E-state index in [0.717, 1.165) is 81.9 Å². The minimum atomic E-state index is -0.773. The molecule has 2 aliphatic heterocycles. The number of nitrogens with zero attached hydrogens (tertiary/aromatic N) is 4. The van der Waals surface area contributed by atoms with Crippen molar-refractivity contribution in [3.8, 4) is 5.75 Å². The molecule has 3 heterocycles. The maximum Gasteiger partial charge on any atom is 0.321 e. The highest BCUT2D eigenvalue weighted by atomic mass is 19.1. The summed E-state index contributed by atoms with van der Waals surface area (Å²) in [6.07, 6.45) is 5.14. The van der Waals surface area contributed by atoms with Crippen LogP contribution in [-0.2, 0) is 17.8 Å². The van der Waals surface area contributed by atoms with E-state index in [1.807, 2.05) is 19.9 Å². The third kappa shape index (κ3) is 8.33. The van der Waals surface area contributed by atoms with Gasteiger partial charge in [0.15, 0.2) is 0 Å². The molecule has 45 heavy (non-hydrogen) atoms. The maximum absolute atomic E-state index is 14.2. The molecule has 0 radical (unpaired) electrons. The van der Waals surface area contributed by atoms with Crippen molar-refractivity contribution in [3.05, 3.63) is 82.9 Å². The van der Waals surface area contributed by atoms with Gasteiger partial charge in [-0.1, -0.05) is 51.5 Å². The van der Waals surface area contributed by atoms with E-state index < -0.39 is 12.0 Å². The number of benzene rings is 2. The summed E-state index contributed by atoms with van der Waals surface area (Å²) in [5.41, 5.74) is 4.65. The first-order valence-electron chi connectivity index (χ1n) is 17.0. The van der Waals surface area contributed by atoms with Crippen LogP contribution in [0.3, 0.4) is 0 Å². The number of rotatable bonds is 14. The molecule has 0 saturated carbocycles. The molecule has 8 heteroatoms. The summed E-state index contributed by atoms with van der Waals surface area (Å²) in [5.74, 6) is 0.748. The molecule has 5 rings (SSSR count). The Balaban J connectivity index is 1.21. The molecule has 0 amide bonds. The van der Waals surface area contributed by atoms with Gasteiger partial charge in [-0.3, -0.25) is 14.4 Å². The number of ether oxygens (including phenoxy) is 1. The van der Waals surface area contributed by atoms with Crippen molar-refractivity contribution in [2.75, 3.05) is 39.3 Å². The SMILES string of the molecule is CCCCOc1ccc(Cc2cc(C3CCN(C[C@H]4CN([C@@H](C(=O)O)C(C)C)C[C@@H]4c4cccc(F)c4)CC3)n(CC)n2)cc1. The number of hydrogen-bond donors (Lipinski definition) is 1. The second-order valence-corrected chi connectivity index (χ2v) is 13.4. The van der Waals surface area contributed by atoms with Gasteiger partial charge in [0.1, 0.15) is 17.6 Å². The van der Waals surface area contributed by atoms with Crippen LogP contribution in [0.5, 0.6) is 5.75 Å². The van der Waals surface area contributed by atoms with Crippen LogP contribution < -0.4 is 4.74 Å². The summed E-state index contributed by atoms with van der Waals surface area (Å²) >= 11 is 0. The fourth-order valence-electron chi connectivity index (χ4n) is 7.44. The van der Waals surface area contributed by atoms with Gasteiger partial charge in [0.25, 0.3) is 0 Å². The number of aliphatic carboxylic acids is 1. The molecule has 3 aromatic rings. The summed E-state index contributed by atoms with van der Waals surface area (Å²) in [6.45, 7) is 14.1. The molecule has 0 spiro atoms. The van der Waals surface area contributed by atoms with Crippen molar-refractivity contribution in [1.29, 1.82) is 0 Å². The first-order chi connectivity index (χ1) is 21.7. The zero-order valence-electron chi connectivity index (χ0n) is 27.5. The predicted molar refractivity (Wildman–Crippen MR) is 176 cm³/mol. The second kappa shape index (κ2) is 15.4. The summed E-state index contributed by atoms with van der Waals surface area (Å²) < 4.78 is 22.3. The molecule has 2 fully saturated rings. The number of hydrogen-bond acceptors (Lipinski definition) is 5. The number of halogens is 1. The van der Waals surface area contributed by atoms with Crippen LogP contribution in [-0.4, -0.2) is 76.0 Å². The molecule has 1 N–H and O–H groups in total. The van der Waals surface area contributed by atoms with E-state index in [4.69, 9.17) is 9.84 Å². The van der Waals surface area contributed by atoms with Crippen molar-refractivity contribution >= 4 is 5.97 Å². The lowest BCUT2D eigenvalue weighted by atomic mass is 9.87. The lowest BCUT2D eigenvalue weighted by molar-refractivity contribution is -0.144. The number of carboxylic acids is 1. The quantitative estimate of drug-likeness (QED) is 0.200. The summed E-state index contributed by atoms with van der Waals surface area (Å²) in [4.78, 5) is 16.8. The van der Waals surface area contributed by atoms with Crippen molar-refractivity contribution in [2.24, 2.45) is 11.8 Å². The number of carboxylic acid groups (broad SMARTS) is 1. The van der Waals surface area contributed by atoms with E-state index in [2.05, 4.69) is 58.7 Å². The van der Waals surface area contributed by atoms with E-state index in [9.17, 15) is 14.3 Å². The van der Waals surface area contributed by atoms with Gasteiger partial charge in [-0.05, 0) is 92.6 Å². The highest BCUT2D eigenvalue weighted by Gasteiger charge is 2.41. The number of unbranched alkanes of at least 4 members (excludes halogenated alkanes) is 1. The maximum atomic E-state index is 14.2. The van der Waals surface area contributed by atoms with Gasteiger partial charge in [-0.2, -0.15) is 5.10 Å². The van der Waals surface area contributed by atoms with Crippen molar-refractivity contribution in [1.82, 2.24) is 19.6 Å². The smallest absolute Gasteiger partial charge is 0.321 e. The Morgan fingerprint density at radius 3 is 2.47 bits per heavy atom. The molecular formula is C37H51FN4O3. The van der Waals surface area contributed by atoms with Gasteiger partial charge in [0.2, 0.25) is 0 Å². The van der Waals surface area contributed by atoms with Crippen molar-refractivity contribution in [2.45, 2.75) is 84.2 Å². The summed E-state index contributed by atoms with van der Waals surface area (Å²) in [7, 11) is 0. The standard InChI is InChI=1S/C37H51FN4O3/c1-5-7-19-45-33-13-11-27(12-14-33)20-32-22-35(42(6-2)39-32)28-15-17-40(18-16-28)23-30-24-41(36(26(3)4)37(43)44)25-34(30)29-9-8-10-31(38)21-29/h8-14,21-22,26,28,30,34,36H,5-7,15-20,23-25H2,1-4H3,(H,43,44)/t30-,34+,36+/m0/s1. The van der Waals surface area contributed by atoms with Crippen LogP contribution >= 0.6 is 0 Å². The van der Waals surface area contributed by atoms with Gasteiger partial charge in [-0.15, -0.1) is 0 Å². The molecule has 0 bridgehead atoms. The molecule has 2 aromatic carbocycles. The Morgan fingerprint density at radius 2 is 1.82 bits per heavy atom. The highest BCUT2D eigenvalue weighted by Crippen LogP contribution is 2.37. The number of aromatic nitrogens is 2. The molecule has 7 nitrogen and oxygen atoms in total. The topological polar surface area (TPSA) is 70.8 Å². The molecule has 3 atom stereocenters. The lowest BCUT2D eigenvalue weighted by Gasteiger charge is -2.35. The van der Waals surface area contributed by atoms with Crippen molar-refractivity contribution in [3.63, 3.8) is 0 Å². The highest BCUT2D eigenvalue weighted by molar-refractivity contribution is 5.73. The Hall–Kier alpha value is -3.23. The average molecular weight is 619 g/mol. The molecule has 244 valence electrons.